The van der Waals surface area contributed by atoms with Crippen LogP contribution in [0.4, 0.5) is 5.69 Å². The molecule has 2 N–H and O–H groups in total. The van der Waals surface area contributed by atoms with Crippen LogP contribution in [0.2, 0.25) is 0 Å². The first-order valence-electron chi connectivity index (χ1n) is 6.45. The fraction of sp³-hybridized carbons (Fsp3) is 0. The van der Waals surface area contributed by atoms with E-state index < -0.39 is 0 Å². The van der Waals surface area contributed by atoms with E-state index in [0.717, 1.165) is 10.2 Å². The van der Waals surface area contributed by atoms with Gasteiger partial charge in [0.25, 0.3) is 5.91 Å². The first-order valence-corrected chi connectivity index (χ1v) is 7.65. The van der Waals surface area contributed by atoms with Crippen molar-refractivity contribution < 1.29 is 4.79 Å². The van der Waals surface area contributed by atoms with Crippen molar-refractivity contribution in [3.8, 4) is 5.69 Å². The lowest BCUT2D eigenvalue weighted by Gasteiger charge is -2.07. The highest BCUT2D eigenvalue weighted by Gasteiger charge is 2.16. The summed E-state index contributed by atoms with van der Waals surface area (Å²) >= 11 is 8.57. The van der Waals surface area contributed by atoms with Crippen molar-refractivity contribution in [3.63, 3.8) is 0 Å². The summed E-state index contributed by atoms with van der Waals surface area (Å²) in [6, 6.07) is 16.7. The number of halogens is 1. The van der Waals surface area contributed by atoms with Gasteiger partial charge in [0.1, 0.15) is 0 Å². The Balaban J connectivity index is 1.94. The van der Waals surface area contributed by atoms with Gasteiger partial charge >= 0.3 is 0 Å². The largest absolute Gasteiger partial charge is 0.319 e. The molecule has 0 radical (unpaired) electrons. The number of carbonyl (C=O) groups excluding carboxylic acids is 1. The Morgan fingerprint density at radius 2 is 1.82 bits per heavy atom. The molecule has 0 spiro atoms. The molecule has 0 saturated carbocycles. The number of para-hydroxylation sites is 1. The SMILES string of the molecule is O=C(Nc1ccc(Br)cc1)c1n[nH]c(=S)n1-c1ccccc1. The van der Waals surface area contributed by atoms with Crippen molar-refractivity contribution in [1.29, 1.82) is 0 Å². The number of nitrogens with zero attached hydrogens (tertiary/aromatic N) is 2. The molecule has 0 saturated heterocycles. The molecular formula is C15H11BrN4OS. The molecule has 0 bridgehead atoms. The number of amides is 1. The summed E-state index contributed by atoms with van der Waals surface area (Å²) in [5, 5.41) is 9.49. The zero-order valence-corrected chi connectivity index (χ0v) is 13.7. The molecule has 2 aromatic carbocycles. The second-order valence-electron chi connectivity index (χ2n) is 4.48. The van der Waals surface area contributed by atoms with Crippen molar-refractivity contribution in [2.75, 3.05) is 5.32 Å². The van der Waals surface area contributed by atoms with Crippen molar-refractivity contribution in [1.82, 2.24) is 14.8 Å². The van der Waals surface area contributed by atoms with Gasteiger partial charge in [0.05, 0.1) is 5.69 Å². The Hall–Kier alpha value is -2.25. The lowest BCUT2D eigenvalue weighted by molar-refractivity contribution is 0.101. The predicted molar refractivity (Wildman–Crippen MR) is 90.8 cm³/mol. The van der Waals surface area contributed by atoms with Crippen LogP contribution >= 0.6 is 28.1 Å². The van der Waals surface area contributed by atoms with Crippen molar-refractivity contribution in [2.45, 2.75) is 0 Å². The Morgan fingerprint density at radius 3 is 2.50 bits per heavy atom. The summed E-state index contributed by atoms with van der Waals surface area (Å²) in [4.78, 5) is 12.4. The van der Waals surface area contributed by atoms with Gasteiger partial charge in [-0.25, -0.2) is 0 Å². The number of rotatable bonds is 3. The molecule has 0 unspecified atom stereocenters. The van der Waals surface area contributed by atoms with E-state index in [1.807, 2.05) is 42.5 Å². The second-order valence-corrected chi connectivity index (χ2v) is 5.79. The summed E-state index contributed by atoms with van der Waals surface area (Å²) in [7, 11) is 0. The van der Waals surface area contributed by atoms with E-state index in [0.29, 0.717) is 10.5 Å². The number of aromatic nitrogens is 3. The number of benzene rings is 2. The number of H-pyrrole nitrogens is 1. The van der Waals surface area contributed by atoms with Gasteiger partial charge in [-0.2, -0.15) is 0 Å². The van der Waals surface area contributed by atoms with Gasteiger partial charge in [-0.05, 0) is 48.6 Å². The number of hydrogen-bond acceptors (Lipinski definition) is 3. The lowest BCUT2D eigenvalue weighted by atomic mass is 10.3. The highest BCUT2D eigenvalue weighted by molar-refractivity contribution is 9.10. The minimum absolute atomic E-state index is 0.208. The molecule has 0 aliphatic carbocycles. The van der Waals surface area contributed by atoms with Gasteiger partial charge in [0.2, 0.25) is 5.82 Å². The minimum atomic E-state index is -0.335. The molecular weight excluding hydrogens is 364 g/mol. The highest BCUT2D eigenvalue weighted by Crippen LogP contribution is 2.16. The van der Waals surface area contributed by atoms with Crippen LogP contribution in [0.3, 0.4) is 0 Å². The van der Waals surface area contributed by atoms with Crippen LogP contribution in [0.15, 0.2) is 59.1 Å². The molecule has 1 amide bonds. The topological polar surface area (TPSA) is 62.7 Å². The maximum absolute atomic E-state index is 12.4. The van der Waals surface area contributed by atoms with Crippen LogP contribution in [-0.4, -0.2) is 20.7 Å². The monoisotopic (exact) mass is 374 g/mol. The molecule has 0 aliphatic rings. The Kier molecular flexibility index (Phi) is 4.17. The third-order valence-electron chi connectivity index (χ3n) is 2.99. The minimum Gasteiger partial charge on any atom is -0.319 e. The molecule has 0 aliphatic heterocycles. The average molecular weight is 375 g/mol. The highest BCUT2D eigenvalue weighted by atomic mass is 79.9. The molecule has 7 heteroatoms. The summed E-state index contributed by atoms with van der Waals surface area (Å²) in [5.74, 6) is -0.127. The third kappa shape index (κ3) is 3.00. The molecule has 110 valence electrons. The van der Waals surface area contributed by atoms with Crippen LogP contribution < -0.4 is 5.32 Å². The van der Waals surface area contributed by atoms with Crippen molar-refractivity contribution in [2.24, 2.45) is 0 Å². The van der Waals surface area contributed by atoms with Crippen LogP contribution in [-0.2, 0) is 0 Å². The van der Waals surface area contributed by atoms with E-state index in [-0.39, 0.29) is 11.7 Å². The van der Waals surface area contributed by atoms with Crippen LogP contribution in [0.25, 0.3) is 5.69 Å². The molecule has 1 aromatic heterocycles. The van der Waals surface area contributed by atoms with E-state index in [9.17, 15) is 4.79 Å². The molecule has 1 heterocycles. The predicted octanol–water partition coefficient (Wildman–Crippen LogP) is 3.94. The van der Waals surface area contributed by atoms with Gasteiger partial charge in [-0.1, -0.05) is 34.1 Å². The summed E-state index contributed by atoms with van der Waals surface area (Å²) in [6.45, 7) is 0. The van der Waals surface area contributed by atoms with E-state index in [1.165, 1.54) is 0 Å². The average Bonchev–Trinajstić information content (AvgIpc) is 2.92. The van der Waals surface area contributed by atoms with Gasteiger partial charge in [0.15, 0.2) is 4.77 Å². The van der Waals surface area contributed by atoms with Gasteiger partial charge in [-0.3, -0.25) is 14.5 Å². The third-order valence-corrected chi connectivity index (χ3v) is 3.79. The van der Waals surface area contributed by atoms with Gasteiger partial charge in [-0.15, -0.1) is 5.10 Å². The number of hydrogen-bond donors (Lipinski definition) is 2. The standard InChI is InChI=1S/C15H11BrN4OS/c16-10-6-8-11(9-7-10)17-14(21)13-18-19-15(22)20(13)12-4-2-1-3-5-12/h1-9H,(H,17,21)(H,19,22). The van der Waals surface area contributed by atoms with E-state index >= 15 is 0 Å². The molecule has 22 heavy (non-hydrogen) atoms. The number of nitrogens with one attached hydrogen (secondary N) is 2. The molecule has 3 aromatic rings. The number of carbonyl (C=O) groups is 1. The molecule has 0 atom stereocenters. The van der Waals surface area contributed by atoms with Gasteiger partial charge in [0, 0.05) is 10.2 Å². The smallest absolute Gasteiger partial charge is 0.293 e. The summed E-state index contributed by atoms with van der Waals surface area (Å²) in [5.41, 5.74) is 1.46. The van der Waals surface area contributed by atoms with Crippen LogP contribution in [0.1, 0.15) is 10.6 Å². The fourth-order valence-electron chi connectivity index (χ4n) is 1.99. The van der Waals surface area contributed by atoms with Gasteiger partial charge < -0.3 is 5.32 Å². The zero-order chi connectivity index (χ0) is 15.5. The molecule has 3 rings (SSSR count). The number of aromatic amines is 1. The normalized spacial score (nSPS) is 10.4. The first kappa shape index (κ1) is 14.7. The fourth-order valence-corrected chi connectivity index (χ4v) is 2.49. The Labute approximate surface area is 140 Å². The van der Waals surface area contributed by atoms with E-state index in [1.54, 1.807) is 16.7 Å². The Bertz CT molecular complexity index is 855. The van der Waals surface area contributed by atoms with Crippen LogP contribution in [0, 0.1) is 4.77 Å². The lowest BCUT2D eigenvalue weighted by Crippen LogP contribution is -2.17. The number of anilines is 1. The first-order chi connectivity index (χ1) is 10.6. The molecule has 5 nitrogen and oxygen atoms in total. The molecule has 0 fully saturated rings. The van der Waals surface area contributed by atoms with E-state index in [4.69, 9.17) is 12.2 Å². The van der Waals surface area contributed by atoms with Crippen LogP contribution in [0.5, 0.6) is 0 Å². The summed E-state index contributed by atoms with van der Waals surface area (Å²) in [6.07, 6.45) is 0. The quantitative estimate of drug-likeness (QED) is 0.682. The maximum atomic E-state index is 12.4. The second kappa shape index (κ2) is 6.25. The summed E-state index contributed by atoms with van der Waals surface area (Å²) < 4.78 is 2.91. The van der Waals surface area contributed by atoms with Crippen molar-refractivity contribution >= 4 is 39.7 Å². The maximum Gasteiger partial charge on any atom is 0.293 e. The van der Waals surface area contributed by atoms with E-state index in [2.05, 4.69) is 31.4 Å². The zero-order valence-electron chi connectivity index (χ0n) is 11.3. The van der Waals surface area contributed by atoms with Crippen molar-refractivity contribution in [3.05, 3.63) is 69.7 Å². The Morgan fingerprint density at radius 1 is 1.14 bits per heavy atom.